The van der Waals surface area contributed by atoms with E-state index in [1.807, 2.05) is 6.07 Å². The van der Waals surface area contributed by atoms with Gasteiger partial charge in [0.2, 0.25) is 0 Å². The topological polar surface area (TPSA) is 21.3 Å². The van der Waals surface area contributed by atoms with Gasteiger partial charge in [-0.1, -0.05) is 13.8 Å². The van der Waals surface area contributed by atoms with Crippen LogP contribution in [0.3, 0.4) is 0 Å². The van der Waals surface area contributed by atoms with Gasteiger partial charge in [-0.2, -0.15) is 0 Å². The van der Waals surface area contributed by atoms with E-state index in [1.54, 1.807) is 18.4 Å². The van der Waals surface area contributed by atoms with E-state index in [0.29, 0.717) is 6.04 Å². The van der Waals surface area contributed by atoms with Crippen molar-refractivity contribution in [2.24, 2.45) is 5.92 Å². The minimum atomic E-state index is 0.593. The molecule has 0 aliphatic rings. The Labute approximate surface area is 103 Å². The number of thiophene rings is 1. The van der Waals surface area contributed by atoms with E-state index in [0.717, 1.165) is 17.5 Å². The zero-order valence-corrected chi connectivity index (χ0v) is 11.6. The number of methoxy groups -OCH3 is 1. The van der Waals surface area contributed by atoms with Gasteiger partial charge in [-0.15, -0.1) is 11.3 Å². The number of hydrogen-bond donors (Lipinski definition) is 1. The van der Waals surface area contributed by atoms with E-state index in [4.69, 9.17) is 4.74 Å². The van der Waals surface area contributed by atoms with Crippen LogP contribution < -0.4 is 10.1 Å². The molecule has 16 heavy (non-hydrogen) atoms. The summed E-state index contributed by atoms with van der Waals surface area (Å²) < 4.78 is 5.17. The van der Waals surface area contributed by atoms with E-state index >= 15 is 0 Å². The fourth-order valence-corrected chi connectivity index (χ4v) is 2.29. The van der Waals surface area contributed by atoms with Crippen LogP contribution in [0.5, 0.6) is 5.06 Å². The lowest BCUT2D eigenvalue weighted by molar-refractivity contribution is 0.427. The van der Waals surface area contributed by atoms with Crippen molar-refractivity contribution >= 4 is 11.3 Å². The summed E-state index contributed by atoms with van der Waals surface area (Å²) in [7, 11) is 1.72. The van der Waals surface area contributed by atoms with Gasteiger partial charge in [-0.05, 0) is 37.8 Å². The van der Waals surface area contributed by atoms with Crippen molar-refractivity contribution in [1.29, 1.82) is 0 Å². The molecule has 1 unspecified atom stereocenters. The highest BCUT2D eigenvalue weighted by Crippen LogP contribution is 2.23. The maximum atomic E-state index is 5.17. The first-order valence-corrected chi connectivity index (χ1v) is 6.79. The predicted molar refractivity (Wildman–Crippen MR) is 71.2 cm³/mol. The Hall–Kier alpha value is -0.540. The minimum absolute atomic E-state index is 0.593. The van der Waals surface area contributed by atoms with Crippen LogP contribution in [0.2, 0.25) is 0 Å². The number of ether oxygens (including phenoxy) is 1. The Morgan fingerprint density at radius 2 is 2.00 bits per heavy atom. The van der Waals surface area contributed by atoms with Crippen molar-refractivity contribution in [3.8, 4) is 5.06 Å². The zero-order valence-electron chi connectivity index (χ0n) is 10.7. The number of nitrogens with one attached hydrogen (secondary N) is 1. The Morgan fingerprint density at radius 1 is 1.25 bits per heavy atom. The summed E-state index contributed by atoms with van der Waals surface area (Å²) in [5.74, 6) is 0.797. The zero-order chi connectivity index (χ0) is 12.0. The van der Waals surface area contributed by atoms with Crippen molar-refractivity contribution < 1.29 is 4.74 Å². The Morgan fingerprint density at radius 3 is 2.56 bits per heavy atom. The largest absolute Gasteiger partial charge is 0.487 e. The maximum absolute atomic E-state index is 5.17. The first-order chi connectivity index (χ1) is 7.61. The van der Waals surface area contributed by atoms with E-state index in [1.165, 1.54) is 17.7 Å². The molecule has 1 rings (SSSR count). The van der Waals surface area contributed by atoms with E-state index in [9.17, 15) is 0 Å². The molecule has 0 aromatic carbocycles. The summed E-state index contributed by atoms with van der Waals surface area (Å²) in [6.07, 6.45) is 2.54. The normalized spacial score (nSPS) is 13.1. The van der Waals surface area contributed by atoms with E-state index < -0.39 is 0 Å². The van der Waals surface area contributed by atoms with E-state index in [-0.39, 0.29) is 0 Å². The maximum Gasteiger partial charge on any atom is 0.173 e. The third kappa shape index (κ3) is 4.99. The molecule has 0 radical (unpaired) electrons. The molecule has 0 aliphatic heterocycles. The minimum Gasteiger partial charge on any atom is -0.487 e. The van der Waals surface area contributed by atoms with Gasteiger partial charge >= 0.3 is 0 Å². The molecule has 3 heteroatoms. The molecule has 0 fully saturated rings. The lowest BCUT2D eigenvalue weighted by Gasteiger charge is -2.14. The fraction of sp³-hybridized carbons (Fsp3) is 0.692. The highest BCUT2D eigenvalue weighted by Gasteiger charge is 2.05. The summed E-state index contributed by atoms with van der Waals surface area (Å²) in [5, 5.41) is 4.54. The van der Waals surface area contributed by atoms with Gasteiger partial charge in [0.1, 0.15) is 0 Å². The summed E-state index contributed by atoms with van der Waals surface area (Å²) in [5.41, 5.74) is 0. The molecule has 1 heterocycles. The highest BCUT2D eigenvalue weighted by atomic mass is 32.1. The Kier molecular flexibility index (Phi) is 5.85. The van der Waals surface area contributed by atoms with Crippen molar-refractivity contribution in [1.82, 2.24) is 5.32 Å². The number of rotatable bonds is 7. The second-order valence-corrected chi connectivity index (χ2v) is 5.81. The van der Waals surface area contributed by atoms with Crippen LogP contribution in [-0.2, 0) is 6.54 Å². The summed E-state index contributed by atoms with van der Waals surface area (Å²) in [6, 6.07) is 4.75. The van der Waals surface area contributed by atoms with Crippen LogP contribution in [-0.4, -0.2) is 13.2 Å². The highest BCUT2D eigenvalue weighted by molar-refractivity contribution is 7.13. The van der Waals surface area contributed by atoms with Crippen LogP contribution >= 0.6 is 11.3 Å². The molecular weight excluding hydrogens is 218 g/mol. The number of hydrogen-bond acceptors (Lipinski definition) is 3. The summed E-state index contributed by atoms with van der Waals surface area (Å²) in [6.45, 7) is 7.76. The van der Waals surface area contributed by atoms with Gasteiger partial charge in [0.05, 0.1) is 7.11 Å². The molecule has 1 atom stereocenters. The molecule has 0 spiro atoms. The average Bonchev–Trinajstić information content (AvgIpc) is 2.71. The van der Waals surface area contributed by atoms with E-state index in [2.05, 4.69) is 32.2 Å². The second kappa shape index (κ2) is 6.92. The van der Waals surface area contributed by atoms with Crippen molar-refractivity contribution in [2.75, 3.05) is 7.11 Å². The van der Waals surface area contributed by atoms with Gasteiger partial charge in [-0.3, -0.25) is 0 Å². The quantitative estimate of drug-likeness (QED) is 0.786. The summed E-state index contributed by atoms with van der Waals surface area (Å²) >= 11 is 1.71. The van der Waals surface area contributed by atoms with Gasteiger partial charge in [0.15, 0.2) is 5.06 Å². The molecule has 1 aromatic heterocycles. The van der Waals surface area contributed by atoms with Crippen molar-refractivity contribution in [3.05, 3.63) is 17.0 Å². The first kappa shape index (κ1) is 13.5. The third-order valence-electron chi connectivity index (χ3n) is 2.64. The van der Waals surface area contributed by atoms with Gasteiger partial charge in [0, 0.05) is 17.5 Å². The first-order valence-electron chi connectivity index (χ1n) is 5.98. The smallest absolute Gasteiger partial charge is 0.173 e. The molecule has 0 aliphatic carbocycles. The molecule has 0 saturated heterocycles. The van der Waals surface area contributed by atoms with Crippen LogP contribution in [0.1, 0.15) is 38.5 Å². The Balaban J connectivity index is 2.23. The van der Waals surface area contributed by atoms with Crippen molar-refractivity contribution in [3.63, 3.8) is 0 Å². The molecule has 0 saturated carbocycles. The fourth-order valence-electron chi connectivity index (χ4n) is 1.52. The monoisotopic (exact) mass is 241 g/mol. The lowest BCUT2D eigenvalue weighted by Crippen LogP contribution is -2.25. The van der Waals surface area contributed by atoms with Gasteiger partial charge < -0.3 is 10.1 Å². The Bertz CT molecular complexity index is 296. The summed E-state index contributed by atoms with van der Waals surface area (Å²) in [4.78, 5) is 1.34. The molecular formula is C13H23NOS. The van der Waals surface area contributed by atoms with Crippen LogP contribution in [0.4, 0.5) is 0 Å². The van der Waals surface area contributed by atoms with Crippen LogP contribution in [0.25, 0.3) is 0 Å². The molecule has 0 bridgehead atoms. The van der Waals surface area contributed by atoms with Gasteiger partial charge in [0.25, 0.3) is 0 Å². The lowest BCUT2D eigenvalue weighted by atomic mass is 10.0. The molecule has 92 valence electrons. The molecule has 1 aromatic rings. The predicted octanol–water partition coefficient (Wildman–Crippen LogP) is 3.67. The molecule has 2 nitrogen and oxygen atoms in total. The standard InChI is InChI=1S/C13H23NOS/c1-10(2)5-6-11(3)14-9-12-7-8-13(15-4)16-12/h7-8,10-11,14H,5-6,9H2,1-4H3. The second-order valence-electron chi connectivity index (χ2n) is 4.68. The van der Waals surface area contributed by atoms with Gasteiger partial charge in [-0.25, -0.2) is 0 Å². The van der Waals surface area contributed by atoms with Crippen LogP contribution in [0, 0.1) is 5.92 Å². The van der Waals surface area contributed by atoms with Crippen molar-refractivity contribution in [2.45, 2.75) is 46.2 Å². The molecule has 1 N–H and O–H groups in total. The SMILES string of the molecule is COc1ccc(CNC(C)CCC(C)C)s1. The molecule has 0 amide bonds. The third-order valence-corrected chi connectivity index (χ3v) is 3.69. The average molecular weight is 241 g/mol. The van der Waals surface area contributed by atoms with Crippen LogP contribution in [0.15, 0.2) is 12.1 Å².